The van der Waals surface area contributed by atoms with E-state index in [4.69, 9.17) is 9.47 Å². The Labute approximate surface area is 185 Å². The predicted octanol–water partition coefficient (Wildman–Crippen LogP) is 1.63. The van der Waals surface area contributed by atoms with Crippen molar-refractivity contribution in [3.8, 4) is 5.75 Å². The normalized spacial score (nSPS) is 19.5. The van der Waals surface area contributed by atoms with E-state index >= 15 is 0 Å². The van der Waals surface area contributed by atoms with Gasteiger partial charge in [0.2, 0.25) is 0 Å². The molecule has 1 aliphatic heterocycles. The maximum Gasteiger partial charge on any atom is 0.251 e. The molecule has 1 aromatic rings. The molecular weight excluding hydrogens is 394 g/mol. The van der Waals surface area contributed by atoms with Crippen molar-refractivity contribution >= 4 is 11.9 Å². The number of ether oxygens (including phenoxy) is 2. The van der Waals surface area contributed by atoms with Gasteiger partial charge in [-0.2, -0.15) is 0 Å². The second-order valence-electron chi connectivity index (χ2n) is 8.22. The van der Waals surface area contributed by atoms with Crippen LogP contribution in [0.15, 0.2) is 29.3 Å². The van der Waals surface area contributed by atoms with Crippen molar-refractivity contribution in [2.24, 2.45) is 4.99 Å². The molecule has 31 heavy (non-hydrogen) atoms. The van der Waals surface area contributed by atoms with Crippen LogP contribution in [-0.4, -0.2) is 82.4 Å². The molecule has 0 aromatic heterocycles. The van der Waals surface area contributed by atoms with Crippen molar-refractivity contribution in [3.63, 3.8) is 0 Å². The van der Waals surface area contributed by atoms with Crippen LogP contribution in [0.2, 0.25) is 0 Å². The molecule has 0 unspecified atom stereocenters. The van der Waals surface area contributed by atoms with Gasteiger partial charge >= 0.3 is 0 Å². The molecule has 1 saturated heterocycles. The smallest absolute Gasteiger partial charge is 0.251 e. The van der Waals surface area contributed by atoms with Crippen LogP contribution < -0.4 is 20.7 Å². The number of methoxy groups -OCH3 is 1. The largest absolute Gasteiger partial charge is 0.497 e. The first-order valence-electron chi connectivity index (χ1n) is 11.4. The molecule has 0 atom stereocenters. The molecule has 1 aliphatic carbocycles. The number of morpholine rings is 1. The average Bonchev–Trinajstić information content (AvgIpc) is 2.84. The van der Waals surface area contributed by atoms with Gasteiger partial charge in [0.05, 0.1) is 20.3 Å². The Morgan fingerprint density at radius 1 is 1.13 bits per heavy atom. The fourth-order valence-corrected chi connectivity index (χ4v) is 4.54. The van der Waals surface area contributed by atoms with E-state index in [-0.39, 0.29) is 11.4 Å². The van der Waals surface area contributed by atoms with E-state index < -0.39 is 0 Å². The summed E-state index contributed by atoms with van der Waals surface area (Å²) in [4.78, 5) is 19.3. The summed E-state index contributed by atoms with van der Waals surface area (Å²) in [7, 11) is 3.38. The summed E-state index contributed by atoms with van der Waals surface area (Å²) in [6.45, 7) is 5.63. The third-order valence-electron chi connectivity index (χ3n) is 6.31. The van der Waals surface area contributed by atoms with Gasteiger partial charge in [-0.3, -0.25) is 14.7 Å². The van der Waals surface area contributed by atoms with Gasteiger partial charge in [-0.1, -0.05) is 25.3 Å². The summed E-state index contributed by atoms with van der Waals surface area (Å²) >= 11 is 0. The van der Waals surface area contributed by atoms with Crippen LogP contribution in [0.25, 0.3) is 0 Å². The van der Waals surface area contributed by atoms with Crippen molar-refractivity contribution in [1.82, 2.24) is 20.9 Å². The topological polar surface area (TPSA) is 87.2 Å². The van der Waals surface area contributed by atoms with Crippen molar-refractivity contribution in [1.29, 1.82) is 0 Å². The summed E-state index contributed by atoms with van der Waals surface area (Å²) in [6.07, 6.45) is 6.32. The van der Waals surface area contributed by atoms with Crippen molar-refractivity contribution in [2.45, 2.75) is 37.6 Å². The van der Waals surface area contributed by atoms with Crippen molar-refractivity contribution in [3.05, 3.63) is 29.8 Å². The van der Waals surface area contributed by atoms with Gasteiger partial charge < -0.3 is 25.4 Å². The summed E-state index contributed by atoms with van der Waals surface area (Å²) in [5.74, 6) is 1.33. The quantitative estimate of drug-likeness (QED) is 0.329. The number of nitrogens with zero attached hydrogens (tertiary/aromatic N) is 2. The highest BCUT2D eigenvalue weighted by molar-refractivity contribution is 5.94. The molecule has 8 nitrogen and oxygen atoms in total. The number of carbonyl (C=O) groups is 1. The third kappa shape index (κ3) is 6.58. The maximum absolute atomic E-state index is 12.3. The van der Waals surface area contributed by atoms with Crippen LogP contribution in [0.4, 0.5) is 0 Å². The SMILES string of the molecule is CN=C(NCCNC(=O)c1cccc(OC)c1)NCC1(N2CCOCC2)CCCCC1. The van der Waals surface area contributed by atoms with Gasteiger partial charge in [0.15, 0.2) is 5.96 Å². The zero-order chi connectivity index (χ0) is 21.9. The molecule has 2 fully saturated rings. The Bertz CT molecular complexity index is 728. The monoisotopic (exact) mass is 431 g/mol. The standard InChI is InChI=1S/C23H37N5O3/c1-24-22(26-12-11-25-21(29)19-7-6-8-20(17-19)30-2)27-18-23(9-4-3-5-10-23)28-13-15-31-16-14-28/h6-8,17H,3-5,9-16,18H2,1-2H3,(H,25,29)(H2,24,26,27). The van der Waals surface area contributed by atoms with Gasteiger partial charge in [0.25, 0.3) is 5.91 Å². The van der Waals surface area contributed by atoms with Gasteiger partial charge in [-0.15, -0.1) is 0 Å². The Hall–Kier alpha value is -2.32. The van der Waals surface area contributed by atoms with E-state index in [0.29, 0.717) is 24.4 Å². The highest BCUT2D eigenvalue weighted by atomic mass is 16.5. The lowest BCUT2D eigenvalue weighted by atomic mass is 9.80. The van der Waals surface area contributed by atoms with Gasteiger partial charge in [0.1, 0.15) is 5.75 Å². The minimum Gasteiger partial charge on any atom is -0.497 e. The molecule has 1 aromatic carbocycles. The molecule has 0 radical (unpaired) electrons. The van der Waals surface area contributed by atoms with E-state index in [1.165, 1.54) is 32.1 Å². The molecule has 1 saturated carbocycles. The molecule has 3 N–H and O–H groups in total. The second kappa shape index (κ2) is 11.9. The highest BCUT2D eigenvalue weighted by Crippen LogP contribution is 2.33. The lowest BCUT2D eigenvalue weighted by molar-refractivity contribution is -0.0352. The fraction of sp³-hybridized carbons (Fsp3) is 0.652. The first kappa shape index (κ1) is 23.3. The zero-order valence-corrected chi connectivity index (χ0v) is 18.9. The maximum atomic E-state index is 12.3. The van der Waals surface area contributed by atoms with Gasteiger partial charge in [0, 0.05) is 50.9 Å². The minimum absolute atomic E-state index is 0.114. The van der Waals surface area contributed by atoms with Crippen LogP contribution in [0.1, 0.15) is 42.5 Å². The Kier molecular flexibility index (Phi) is 8.97. The fourth-order valence-electron chi connectivity index (χ4n) is 4.54. The number of carbonyl (C=O) groups excluding carboxylic acids is 1. The number of hydrogen-bond donors (Lipinski definition) is 3. The average molecular weight is 432 g/mol. The number of hydrogen-bond acceptors (Lipinski definition) is 5. The summed E-state index contributed by atoms with van der Waals surface area (Å²) in [6, 6.07) is 7.15. The van der Waals surface area contributed by atoms with Crippen LogP contribution >= 0.6 is 0 Å². The van der Waals surface area contributed by atoms with Crippen molar-refractivity contribution < 1.29 is 14.3 Å². The summed E-state index contributed by atoms with van der Waals surface area (Å²) < 4.78 is 10.8. The molecule has 1 heterocycles. The molecule has 0 spiro atoms. The van der Waals surface area contributed by atoms with Crippen LogP contribution in [-0.2, 0) is 4.74 Å². The number of rotatable bonds is 8. The van der Waals surface area contributed by atoms with Crippen LogP contribution in [0.5, 0.6) is 5.75 Å². The van der Waals surface area contributed by atoms with Crippen LogP contribution in [0.3, 0.4) is 0 Å². The van der Waals surface area contributed by atoms with E-state index in [1.54, 1.807) is 26.3 Å². The van der Waals surface area contributed by atoms with E-state index in [1.807, 2.05) is 12.1 Å². The Morgan fingerprint density at radius 3 is 2.58 bits per heavy atom. The molecule has 1 amide bonds. The van der Waals surface area contributed by atoms with E-state index in [9.17, 15) is 4.79 Å². The molecular formula is C23H37N5O3. The Morgan fingerprint density at radius 2 is 1.87 bits per heavy atom. The van der Waals surface area contributed by atoms with Crippen molar-refractivity contribution in [2.75, 3.05) is 60.1 Å². The first-order chi connectivity index (χ1) is 15.2. The lowest BCUT2D eigenvalue weighted by Crippen LogP contribution is -2.60. The molecule has 8 heteroatoms. The van der Waals surface area contributed by atoms with E-state index in [2.05, 4.69) is 25.8 Å². The lowest BCUT2D eigenvalue weighted by Gasteiger charge is -2.48. The highest BCUT2D eigenvalue weighted by Gasteiger charge is 2.38. The molecule has 0 bridgehead atoms. The number of guanidine groups is 1. The minimum atomic E-state index is -0.114. The summed E-state index contributed by atoms with van der Waals surface area (Å²) in [5.41, 5.74) is 0.770. The molecule has 2 aliphatic rings. The van der Waals surface area contributed by atoms with Gasteiger partial charge in [-0.05, 0) is 31.0 Å². The number of aliphatic imine (C=N–C) groups is 1. The number of benzene rings is 1. The number of amides is 1. The first-order valence-corrected chi connectivity index (χ1v) is 11.4. The van der Waals surface area contributed by atoms with E-state index in [0.717, 1.165) is 38.8 Å². The summed E-state index contributed by atoms with van der Waals surface area (Å²) in [5, 5.41) is 9.79. The Balaban J connectivity index is 1.44. The third-order valence-corrected chi connectivity index (χ3v) is 6.31. The molecule has 172 valence electrons. The van der Waals surface area contributed by atoms with Crippen LogP contribution in [0, 0.1) is 0 Å². The predicted molar refractivity (Wildman–Crippen MR) is 123 cm³/mol. The van der Waals surface area contributed by atoms with Gasteiger partial charge in [-0.25, -0.2) is 0 Å². The zero-order valence-electron chi connectivity index (χ0n) is 18.9. The molecule has 3 rings (SSSR count). The second-order valence-corrected chi connectivity index (χ2v) is 8.22. The number of nitrogens with one attached hydrogen (secondary N) is 3.